The van der Waals surface area contributed by atoms with Crippen molar-refractivity contribution >= 4 is 11.7 Å². The van der Waals surface area contributed by atoms with E-state index in [1.54, 1.807) is 0 Å². The molecule has 19 heavy (non-hydrogen) atoms. The Morgan fingerprint density at radius 2 is 1.89 bits per heavy atom. The monoisotopic (exact) mass is 275 g/mol. The van der Waals surface area contributed by atoms with E-state index in [4.69, 9.17) is 4.74 Å². The fraction of sp³-hybridized carbons (Fsp3) is 0.462. The summed E-state index contributed by atoms with van der Waals surface area (Å²) in [6.45, 7) is 2.29. The van der Waals surface area contributed by atoms with Crippen molar-refractivity contribution in [1.29, 1.82) is 0 Å². The summed E-state index contributed by atoms with van der Waals surface area (Å²) in [5, 5.41) is 2.71. The van der Waals surface area contributed by atoms with Gasteiger partial charge in [0, 0.05) is 5.69 Å². The lowest BCUT2D eigenvalue weighted by Gasteiger charge is -2.09. The molecule has 0 radical (unpaired) electrons. The molecule has 0 bridgehead atoms. The van der Waals surface area contributed by atoms with Crippen LogP contribution in [0.4, 0.5) is 18.9 Å². The number of hydrogen-bond donors (Lipinski definition) is 1. The molecule has 1 rings (SSSR count). The van der Waals surface area contributed by atoms with Crippen molar-refractivity contribution in [3.63, 3.8) is 0 Å². The van der Waals surface area contributed by atoms with Gasteiger partial charge in [0.2, 0.25) is 0 Å². The Labute approximate surface area is 109 Å². The molecule has 0 spiro atoms. The lowest BCUT2D eigenvalue weighted by atomic mass is 10.2. The third-order valence-electron chi connectivity index (χ3n) is 2.41. The highest BCUT2D eigenvalue weighted by atomic mass is 19.4. The summed E-state index contributed by atoms with van der Waals surface area (Å²) in [5.74, 6) is -0.423. The van der Waals surface area contributed by atoms with Crippen LogP contribution in [-0.4, -0.2) is 19.1 Å². The van der Waals surface area contributed by atoms with E-state index >= 15 is 0 Å². The van der Waals surface area contributed by atoms with E-state index in [2.05, 4.69) is 5.32 Å². The quantitative estimate of drug-likeness (QED) is 0.638. The molecule has 1 aromatic carbocycles. The molecule has 0 aliphatic carbocycles. The second kappa shape index (κ2) is 7.01. The summed E-state index contributed by atoms with van der Waals surface area (Å²) < 4.78 is 41.8. The Morgan fingerprint density at radius 1 is 1.26 bits per heavy atom. The third kappa shape index (κ3) is 5.63. The SMILES string of the molecule is CCCCOC(=O)CNc1ccc(C(F)(F)F)cc1. The van der Waals surface area contributed by atoms with Gasteiger partial charge in [-0.1, -0.05) is 13.3 Å². The van der Waals surface area contributed by atoms with Crippen LogP contribution in [0.2, 0.25) is 0 Å². The van der Waals surface area contributed by atoms with Gasteiger partial charge in [0.15, 0.2) is 0 Å². The molecule has 1 aromatic rings. The molecule has 0 heterocycles. The number of ether oxygens (including phenoxy) is 1. The van der Waals surface area contributed by atoms with Crippen molar-refractivity contribution in [2.75, 3.05) is 18.5 Å². The standard InChI is InChI=1S/C13H16F3NO2/c1-2-3-8-19-12(18)9-17-11-6-4-10(5-7-11)13(14,15)16/h4-7,17H,2-3,8-9H2,1H3. The first-order valence-corrected chi connectivity index (χ1v) is 6.00. The Morgan fingerprint density at radius 3 is 2.42 bits per heavy atom. The zero-order valence-electron chi connectivity index (χ0n) is 10.6. The van der Waals surface area contributed by atoms with Gasteiger partial charge >= 0.3 is 12.1 Å². The number of hydrogen-bond acceptors (Lipinski definition) is 3. The van der Waals surface area contributed by atoms with Gasteiger partial charge < -0.3 is 10.1 Å². The van der Waals surface area contributed by atoms with Crippen LogP contribution in [-0.2, 0) is 15.7 Å². The number of nitrogens with one attached hydrogen (secondary N) is 1. The molecular weight excluding hydrogens is 259 g/mol. The molecule has 0 aliphatic heterocycles. The highest BCUT2D eigenvalue weighted by molar-refractivity contribution is 5.74. The van der Waals surface area contributed by atoms with Gasteiger partial charge in [0.05, 0.1) is 12.2 Å². The van der Waals surface area contributed by atoms with E-state index in [-0.39, 0.29) is 6.54 Å². The lowest BCUT2D eigenvalue weighted by molar-refractivity contribution is -0.141. The lowest BCUT2D eigenvalue weighted by Crippen LogP contribution is -2.17. The Balaban J connectivity index is 2.40. The number of alkyl halides is 3. The third-order valence-corrected chi connectivity index (χ3v) is 2.41. The summed E-state index contributed by atoms with van der Waals surface area (Å²) in [6, 6.07) is 4.49. The molecule has 6 heteroatoms. The van der Waals surface area contributed by atoms with E-state index in [1.807, 2.05) is 6.92 Å². The van der Waals surface area contributed by atoms with Crippen LogP contribution < -0.4 is 5.32 Å². The predicted molar refractivity (Wildman–Crippen MR) is 65.8 cm³/mol. The van der Waals surface area contributed by atoms with Gasteiger partial charge in [0.25, 0.3) is 0 Å². The molecule has 0 saturated heterocycles. The number of carbonyl (C=O) groups excluding carboxylic acids is 1. The maximum absolute atomic E-state index is 12.3. The van der Waals surface area contributed by atoms with E-state index in [9.17, 15) is 18.0 Å². The van der Waals surface area contributed by atoms with Gasteiger partial charge in [-0.2, -0.15) is 13.2 Å². The molecule has 0 amide bonds. The molecule has 3 nitrogen and oxygen atoms in total. The first kappa shape index (κ1) is 15.3. The van der Waals surface area contributed by atoms with Crippen LogP contribution in [0.25, 0.3) is 0 Å². The van der Waals surface area contributed by atoms with E-state index < -0.39 is 17.7 Å². The van der Waals surface area contributed by atoms with Crippen molar-refractivity contribution in [2.45, 2.75) is 25.9 Å². The number of rotatable bonds is 6. The number of esters is 1. The van der Waals surface area contributed by atoms with Crippen molar-refractivity contribution in [1.82, 2.24) is 0 Å². The predicted octanol–water partition coefficient (Wildman–Crippen LogP) is 3.46. The summed E-state index contributed by atoms with van der Waals surface area (Å²) >= 11 is 0. The average Bonchev–Trinajstić information content (AvgIpc) is 2.36. The Bertz CT molecular complexity index is 401. The molecule has 0 unspecified atom stereocenters. The van der Waals surface area contributed by atoms with Gasteiger partial charge in [-0.3, -0.25) is 4.79 Å². The molecule has 0 aromatic heterocycles. The molecule has 1 N–H and O–H groups in total. The maximum Gasteiger partial charge on any atom is 0.416 e. The van der Waals surface area contributed by atoms with Gasteiger partial charge in [-0.25, -0.2) is 0 Å². The van der Waals surface area contributed by atoms with Crippen molar-refractivity contribution in [3.05, 3.63) is 29.8 Å². The fourth-order valence-electron chi connectivity index (χ4n) is 1.33. The smallest absolute Gasteiger partial charge is 0.416 e. The maximum atomic E-state index is 12.3. The zero-order valence-corrected chi connectivity index (χ0v) is 10.6. The van der Waals surface area contributed by atoms with E-state index in [0.717, 1.165) is 25.0 Å². The van der Waals surface area contributed by atoms with E-state index in [0.29, 0.717) is 12.3 Å². The van der Waals surface area contributed by atoms with Crippen LogP contribution in [0.3, 0.4) is 0 Å². The summed E-state index contributed by atoms with van der Waals surface area (Å²) in [4.78, 5) is 11.3. The van der Waals surface area contributed by atoms with Crippen LogP contribution in [0.15, 0.2) is 24.3 Å². The Hall–Kier alpha value is -1.72. The van der Waals surface area contributed by atoms with Crippen LogP contribution in [0, 0.1) is 0 Å². The number of unbranched alkanes of at least 4 members (excludes halogenated alkanes) is 1. The summed E-state index contributed by atoms with van der Waals surface area (Å²) in [7, 11) is 0. The molecule has 0 aliphatic rings. The van der Waals surface area contributed by atoms with Crippen LogP contribution in [0.1, 0.15) is 25.3 Å². The fourth-order valence-corrected chi connectivity index (χ4v) is 1.33. The van der Waals surface area contributed by atoms with Crippen molar-refractivity contribution < 1.29 is 22.7 Å². The number of halogens is 3. The molecule has 0 atom stereocenters. The normalized spacial score (nSPS) is 11.2. The second-order valence-electron chi connectivity index (χ2n) is 4.00. The first-order valence-electron chi connectivity index (χ1n) is 6.00. The minimum absolute atomic E-state index is 0.0604. The largest absolute Gasteiger partial charge is 0.464 e. The van der Waals surface area contributed by atoms with Gasteiger partial charge in [-0.05, 0) is 30.7 Å². The van der Waals surface area contributed by atoms with E-state index in [1.165, 1.54) is 12.1 Å². The minimum Gasteiger partial charge on any atom is -0.464 e. The minimum atomic E-state index is -4.35. The second-order valence-corrected chi connectivity index (χ2v) is 4.00. The zero-order chi connectivity index (χ0) is 14.3. The average molecular weight is 275 g/mol. The highest BCUT2D eigenvalue weighted by Crippen LogP contribution is 2.29. The van der Waals surface area contributed by atoms with Gasteiger partial charge in [0.1, 0.15) is 6.54 Å². The number of carbonyl (C=O) groups is 1. The summed E-state index contributed by atoms with van der Waals surface area (Å²) in [6.07, 6.45) is -2.62. The van der Waals surface area contributed by atoms with Crippen LogP contribution in [0.5, 0.6) is 0 Å². The molecule has 0 saturated carbocycles. The van der Waals surface area contributed by atoms with Crippen molar-refractivity contribution in [3.8, 4) is 0 Å². The van der Waals surface area contributed by atoms with Crippen molar-refractivity contribution in [2.24, 2.45) is 0 Å². The Kier molecular flexibility index (Phi) is 5.66. The summed E-state index contributed by atoms with van der Waals surface area (Å²) in [5.41, 5.74) is -0.274. The highest BCUT2D eigenvalue weighted by Gasteiger charge is 2.29. The molecule has 0 fully saturated rings. The van der Waals surface area contributed by atoms with Crippen LogP contribution >= 0.6 is 0 Å². The van der Waals surface area contributed by atoms with Gasteiger partial charge in [-0.15, -0.1) is 0 Å². The first-order chi connectivity index (χ1) is 8.93. The number of anilines is 1. The topological polar surface area (TPSA) is 38.3 Å². The molecular formula is C13H16F3NO2. The number of benzene rings is 1. The molecule has 106 valence electrons.